The van der Waals surface area contributed by atoms with Gasteiger partial charge in [0, 0.05) is 30.1 Å². The van der Waals surface area contributed by atoms with Gasteiger partial charge < -0.3 is 19.5 Å². The highest BCUT2D eigenvalue weighted by Gasteiger charge is 2.46. The number of benzene rings is 2. The molecule has 1 saturated heterocycles. The average molecular weight is 543 g/mol. The smallest absolute Gasteiger partial charge is 0.295 e. The number of rotatable bonds is 9. The molecule has 1 fully saturated rings. The number of aliphatic hydroxyl groups is 1. The van der Waals surface area contributed by atoms with E-state index in [2.05, 4.69) is 39.6 Å². The number of hydrogen-bond acceptors (Lipinski definition) is 6. The molecule has 1 atom stereocenters. The first kappa shape index (κ1) is 28.9. The number of carbonyl (C=O) groups excluding carboxylic acids is 2. The van der Waals surface area contributed by atoms with Crippen molar-refractivity contribution in [1.29, 1.82) is 0 Å². The minimum atomic E-state index is -0.805. The molecule has 7 heteroatoms. The molecule has 7 nitrogen and oxygen atoms in total. The molecule has 2 aromatic carbocycles. The topological polar surface area (TPSA) is 89.0 Å². The largest absolute Gasteiger partial charge is 0.507 e. The van der Waals surface area contributed by atoms with Crippen LogP contribution >= 0.6 is 0 Å². The van der Waals surface area contributed by atoms with Crippen LogP contribution in [0.15, 0.2) is 72.6 Å². The van der Waals surface area contributed by atoms with E-state index < -0.39 is 17.7 Å². The average Bonchev–Trinajstić information content (AvgIpc) is 3.17. The molecule has 0 spiro atoms. The number of nitrogens with zero attached hydrogens (tertiary/aromatic N) is 2. The standard InChI is InChI=1S/C33H38N2O5/c1-7-39-27-12-11-24(18-26(27)33(4,5)6)30(36)28-29(23-9-8-10-25(17-23)40-20-21(2)3)35(32(38)31(28)37)19-22-13-15-34-16-14-22/h8-18,21,29,36H,7,19-20H2,1-6H3/b30-28+. The molecule has 1 aromatic heterocycles. The summed E-state index contributed by atoms with van der Waals surface area (Å²) in [6, 6.07) is 15.6. The molecule has 210 valence electrons. The van der Waals surface area contributed by atoms with E-state index in [-0.39, 0.29) is 23.3 Å². The lowest BCUT2D eigenvalue weighted by Crippen LogP contribution is -2.29. The van der Waals surface area contributed by atoms with Crippen LogP contribution in [0.25, 0.3) is 5.76 Å². The zero-order valence-electron chi connectivity index (χ0n) is 24.1. The number of hydrogen-bond donors (Lipinski definition) is 1. The number of ether oxygens (including phenoxy) is 2. The molecule has 0 saturated carbocycles. The monoisotopic (exact) mass is 542 g/mol. The van der Waals surface area contributed by atoms with Gasteiger partial charge >= 0.3 is 0 Å². The molecule has 1 unspecified atom stereocenters. The third kappa shape index (κ3) is 6.19. The van der Waals surface area contributed by atoms with Crippen molar-refractivity contribution in [3.05, 3.63) is 94.8 Å². The van der Waals surface area contributed by atoms with Crippen LogP contribution in [0.5, 0.6) is 11.5 Å². The molecule has 1 aliphatic rings. The third-order valence-corrected chi connectivity index (χ3v) is 6.76. The highest BCUT2D eigenvalue weighted by atomic mass is 16.5. The van der Waals surface area contributed by atoms with Gasteiger partial charge in [-0.1, -0.05) is 46.8 Å². The Balaban J connectivity index is 1.87. The fourth-order valence-electron chi connectivity index (χ4n) is 4.81. The van der Waals surface area contributed by atoms with Crippen molar-refractivity contribution < 1.29 is 24.2 Å². The van der Waals surface area contributed by atoms with E-state index in [1.54, 1.807) is 30.6 Å². The molecule has 3 aromatic rings. The lowest BCUT2D eigenvalue weighted by atomic mass is 9.84. The second kappa shape index (κ2) is 11.9. The van der Waals surface area contributed by atoms with Crippen molar-refractivity contribution in [2.45, 2.75) is 59.5 Å². The fraction of sp³-hybridized carbons (Fsp3) is 0.364. The van der Waals surface area contributed by atoms with Crippen molar-refractivity contribution in [3.63, 3.8) is 0 Å². The second-order valence-corrected chi connectivity index (χ2v) is 11.5. The summed E-state index contributed by atoms with van der Waals surface area (Å²) in [6.07, 6.45) is 3.30. The lowest BCUT2D eigenvalue weighted by Gasteiger charge is -2.26. The molecule has 1 aliphatic heterocycles. The predicted molar refractivity (Wildman–Crippen MR) is 155 cm³/mol. The van der Waals surface area contributed by atoms with E-state index in [9.17, 15) is 14.7 Å². The Bertz CT molecular complexity index is 1410. The summed E-state index contributed by atoms with van der Waals surface area (Å²) in [7, 11) is 0. The maximum Gasteiger partial charge on any atom is 0.295 e. The van der Waals surface area contributed by atoms with Gasteiger partial charge in [-0.15, -0.1) is 0 Å². The van der Waals surface area contributed by atoms with Gasteiger partial charge in [-0.3, -0.25) is 14.6 Å². The zero-order valence-corrected chi connectivity index (χ0v) is 24.1. The first-order valence-electron chi connectivity index (χ1n) is 13.7. The maximum atomic E-state index is 13.6. The first-order valence-corrected chi connectivity index (χ1v) is 13.7. The van der Waals surface area contributed by atoms with Crippen molar-refractivity contribution in [2.24, 2.45) is 5.92 Å². The zero-order chi connectivity index (χ0) is 29.0. The van der Waals surface area contributed by atoms with Gasteiger partial charge in [0.2, 0.25) is 0 Å². The summed E-state index contributed by atoms with van der Waals surface area (Å²) in [5.74, 6) is 0.0726. The lowest BCUT2D eigenvalue weighted by molar-refractivity contribution is -0.140. The first-order chi connectivity index (χ1) is 19.0. The van der Waals surface area contributed by atoms with Crippen LogP contribution in [0.1, 0.15) is 69.8 Å². The molecule has 2 heterocycles. The van der Waals surface area contributed by atoms with E-state index in [4.69, 9.17) is 9.47 Å². The predicted octanol–water partition coefficient (Wildman–Crippen LogP) is 6.43. The summed E-state index contributed by atoms with van der Waals surface area (Å²) >= 11 is 0. The number of aromatic nitrogens is 1. The number of likely N-dealkylation sites (tertiary alicyclic amines) is 1. The Morgan fingerprint density at radius 2 is 1.75 bits per heavy atom. The summed E-state index contributed by atoms with van der Waals surface area (Å²) in [5.41, 5.74) is 2.61. The van der Waals surface area contributed by atoms with Gasteiger partial charge in [0.15, 0.2) is 0 Å². The van der Waals surface area contributed by atoms with Crippen molar-refractivity contribution >= 4 is 17.4 Å². The van der Waals surface area contributed by atoms with Crippen LogP contribution in [0, 0.1) is 5.92 Å². The number of aliphatic hydroxyl groups excluding tert-OH is 1. The second-order valence-electron chi connectivity index (χ2n) is 11.5. The fourth-order valence-corrected chi connectivity index (χ4v) is 4.81. The normalized spacial score (nSPS) is 17.0. The maximum absolute atomic E-state index is 13.6. The van der Waals surface area contributed by atoms with Crippen LogP contribution in [0.4, 0.5) is 0 Å². The molecule has 0 bridgehead atoms. The molecule has 0 radical (unpaired) electrons. The van der Waals surface area contributed by atoms with Crippen LogP contribution in [-0.2, 0) is 21.5 Å². The number of ketones is 1. The minimum Gasteiger partial charge on any atom is -0.507 e. The number of Topliss-reactive ketones (excluding diaryl/α,β-unsaturated/α-hetero) is 1. The summed E-state index contributed by atoms with van der Waals surface area (Å²) in [5, 5.41) is 11.7. The van der Waals surface area contributed by atoms with Crippen LogP contribution in [-0.4, -0.2) is 39.9 Å². The Morgan fingerprint density at radius 1 is 1.02 bits per heavy atom. The van der Waals surface area contributed by atoms with Crippen molar-refractivity contribution in [3.8, 4) is 11.5 Å². The van der Waals surface area contributed by atoms with E-state index in [0.717, 1.165) is 16.9 Å². The van der Waals surface area contributed by atoms with Crippen LogP contribution < -0.4 is 9.47 Å². The van der Waals surface area contributed by atoms with Crippen molar-refractivity contribution in [2.75, 3.05) is 13.2 Å². The molecular weight excluding hydrogens is 504 g/mol. The van der Waals surface area contributed by atoms with Crippen LogP contribution in [0.3, 0.4) is 0 Å². The highest BCUT2D eigenvalue weighted by molar-refractivity contribution is 6.46. The Kier molecular flexibility index (Phi) is 8.62. The molecule has 40 heavy (non-hydrogen) atoms. The number of carbonyl (C=O) groups is 2. The summed E-state index contributed by atoms with van der Waals surface area (Å²) in [4.78, 5) is 32.6. The third-order valence-electron chi connectivity index (χ3n) is 6.76. The SMILES string of the molecule is CCOc1ccc(/C(O)=C2\C(=O)C(=O)N(Cc3ccncc3)C2c2cccc(OCC(C)C)c2)cc1C(C)(C)C. The Morgan fingerprint density at radius 3 is 2.40 bits per heavy atom. The van der Waals surface area contributed by atoms with Gasteiger partial charge in [0.25, 0.3) is 11.7 Å². The molecule has 1 N–H and O–H groups in total. The molecule has 0 aliphatic carbocycles. The quantitative estimate of drug-likeness (QED) is 0.190. The van der Waals surface area contributed by atoms with Gasteiger partial charge in [-0.25, -0.2) is 0 Å². The van der Waals surface area contributed by atoms with Gasteiger partial charge in [-0.05, 0) is 71.8 Å². The number of pyridine rings is 1. The van der Waals surface area contributed by atoms with E-state index >= 15 is 0 Å². The molecule has 4 rings (SSSR count). The Hall–Kier alpha value is -4.13. The van der Waals surface area contributed by atoms with Crippen molar-refractivity contribution in [1.82, 2.24) is 9.88 Å². The van der Waals surface area contributed by atoms with E-state index in [1.165, 1.54) is 4.90 Å². The van der Waals surface area contributed by atoms with Gasteiger partial charge in [-0.2, -0.15) is 0 Å². The summed E-state index contributed by atoms with van der Waals surface area (Å²) < 4.78 is 11.8. The van der Waals surface area contributed by atoms with E-state index in [1.807, 2.05) is 43.3 Å². The van der Waals surface area contributed by atoms with Gasteiger partial charge in [0.05, 0.1) is 24.8 Å². The molecule has 1 amide bonds. The summed E-state index contributed by atoms with van der Waals surface area (Å²) in [6.45, 7) is 13.4. The van der Waals surface area contributed by atoms with E-state index in [0.29, 0.717) is 36.0 Å². The number of amides is 1. The highest BCUT2D eigenvalue weighted by Crippen LogP contribution is 2.42. The molecular formula is C33H38N2O5. The minimum absolute atomic E-state index is 0.0454. The Labute approximate surface area is 236 Å². The van der Waals surface area contributed by atoms with Gasteiger partial charge in [0.1, 0.15) is 17.3 Å². The van der Waals surface area contributed by atoms with Crippen LogP contribution in [0.2, 0.25) is 0 Å².